The lowest BCUT2D eigenvalue weighted by atomic mass is 9.93. The topological polar surface area (TPSA) is 223 Å². The van der Waals surface area contributed by atoms with E-state index in [1.165, 1.54) is 47.3 Å². The number of nitrogens with one attached hydrogen (secondary N) is 2. The summed E-state index contributed by atoms with van der Waals surface area (Å²) in [5.74, 6) is 2.74. The predicted octanol–water partition coefficient (Wildman–Crippen LogP) is 9.50. The SMILES string of the molecule is COc1cc2ncnc(Oc3cccc(NC(=O)N(c4cnn(C(C)(C)C)c4)N(C(=O)Nc4cccc(S(=O)c5ncnc6cc(OC)c(OC)cc56)c4)c4cc(C(C)(C)C)on4)c3)c2cc1OC. The number of amides is 4. The molecule has 8 aromatic rings. The van der Waals surface area contributed by atoms with Gasteiger partial charge in [0.2, 0.25) is 11.7 Å². The Hall–Kier alpha value is -8.33. The highest BCUT2D eigenvalue weighted by Crippen LogP contribution is 2.38. The zero-order valence-electron chi connectivity index (χ0n) is 39.4. The number of hydrazine groups is 1. The van der Waals surface area contributed by atoms with Crippen LogP contribution >= 0.6 is 0 Å². The Bertz CT molecular complexity index is 3240. The van der Waals surface area contributed by atoms with Crippen molar-refractivity contribution in [2.24, 2.45) is 0 Å². The number of ether oxygens (including phenoxy) is 5. The van der Waals surface area contributed by atoms with Crippen LogP contribution < -0.4 is 44.3 Å². The molecule has 4 heterocycles. The van der Waals surface area contributed by atoms with Crippen LogP contribution in [0.15, 0.2) is 118 Å². The number of urea groups is 2. The van der Waals surface area contributed by atoms with Gasteiger partial charge in [0, 0.05) is 51.3 Å². The van der Waals surface area contributed by atoms with Crippen molar-refractivity contribution in [1.82, 2.24) is 34.9 Å². The Morgan fingerprint density at radius 2 is 1.26 bits per heavy atom. The van der Waals surface area contributed by atoms with Gasteiger partial charge in [0.15, 0.2) is 23.0 Å². The Labute approximate surface area is 398 Å². The third kappa shape index (κ3) is 9.89. The molecule has 0 aliphatic heterocycles. The van der Waals surface area contributed by atoms with E-state index in [-0.39, 0.29) is 28.1 Å². The molecule has 69 heavy (non-hydrogen) atoms. The summed E-state index contributed by atoms with van der Waals surface area (Å²) in [5, 5.41) is 18.0. The van der Waals surface area contributed by atoms with E-state index >= 15 is 0 Å². The van der Waals surface area contributed by atoms with Crippen LogP contribution in [0.25, 0.3) is 21.8 Å². The first-order valence-corrected chi connectivity index (χ1v) is 22.4. The Kier molecular flexibility index (Phi) is 13.1. The molecule has 4 amide bonds. The highest BCUT2D eigenvalue weighted by molar-refractivity contribution is 7.85. The van der Waals surface area contributed by atoms with Gasteiger partial charge in [-0.05, 0) is 63.2 Å². The zero-order chi connectivity index (χ0) is 49.2. The second-order valence-electron chi connectivity index (χ2n) is 17.3. The van der Waals surface area contributed by atoms with Gasteiger partial charge in [0.1, 0.15) is 45.7 Å². The number of nitrogens with zero attached hydrogens (tertiary/aromatic N) is 9. The molecule has 0 aliphatic carbocycles. The number of carbonyl (C=O) groups is 2. The van der Waals surface area contributed by atoms with Crippen LogP contribution in [0.4, 0.5) is 32.5 Å². The second-order valence-corrected chi connectivity index (χ2v) is 18.7. The zero-order valence-corrected chi connectivity index (χ0v) is 40.2. The van der Waals surface area contributed by atoms with E-state index in [4.69, 9.17) is 28.2 Å². The number of carbonyl (C=O) groups excluding carboxylic acids is 2. The lowest BCUT2D eigenvalue weighted by Crippen LogP contribution is -2.54. The number of fused-ring (bicyclic) bond motifs is 2. The van der Waals surface area contributed by atoms with Gasteiger partial charge in [-0.2, -0.15) is 15.1 Å². The molecule has 0 bridgehead atoms. The molecule has 356 valence electrons. The van der Waals surface area contributed by atoms with Gasteiger partial charge in [0.25, 0.3) is 0 Å². The minimum absolute atomic E-state index is 0.0348. The summed E-state index contributed by atoms with van der Waals surface area (Å²) in [6.45, 7) is 11.6. The summed E-state index contributed by atoms with van der Waals surface area (Å²) in [6.07, 6.45) is 5.77. The highest BCUT2D eigenvalue weighted by atomic mass is 32.2. The van der Waals surface area contributed by atoms with Crippen LogP contribution in [0.5, 0.6) is 34.6 Å². The van der Waals surface area contributed by atoms with Crippen LogP contribution in [0.2, 0.25) is 0 Å². The third-order valence-electron chi connectivity index (χ3n) is 10.5. The average Bonchev–Trinajstić information content (AvgIpc) is 4.04. The molecular formula is C48H49N11O9S. The molecule has 20 nitrogen and oxygen atoms in total. The molecule has 4 aromatic carbocycles. The normalized spacial score (nSPS) is 12.0. The van der Waals surface area contributed by atoms with Gasteiger partial charge < -0.3 is 38.8 Å². The number of methoxy groups -OCH3 is 4. The van der Waals surface area contributed by atoms with Crippen LogP contribution in [0.3, 0.4) is 0 Å². The maximum absolute atomic E-state index is 15.0. The lowest BCUT2D eigenvalue weighted by Gasteiger charge is -2.32. The maximum Gasteiger partial charge on any atom is 0.347 e. The first-order valence-electron chi connectivity index (χ1n) is 21.3. The lowest BCUT2D eigenvalue weighted by molar-refractivity contribution is 0.248. The van der Waals surface area contributed by atoms with Gasteiger partial charge in [-0.15, -0.1) is 0 Å². The van der Waals surface area contributed by atoms with Crippen molar-refractivity contribution in [3.8, 4) is 34.6 Å². The van der Waals surface area contributed by atoms with E-state index in [0.29, 0.717) is 66.9 Å². The molecule has 4 aromatic heterocycles. The van der Waals surface area contributed by atoms with Crippen LogP contribution in [0.1, 0.15) is 47.3 Å². The second kappa shape index (κ2) is 19.1. The van der Waals surface area contributed by atoms with E-state index < -0.39 is 33.8 Å². The number of anilines is 4. The van der Waals surface area contributed by atoms with Gasteiger partial charge in [0.05, 0.1) is 62.8 Å². The molecule has 0 spiro atoms. The minimum atomic E-state index is -1.87. The quantitative estimate of drug-likeness (QED) is 0.0859. The summed E-state index contributed by atoms with van der Waals surface area (Å²) in [6, 6.07) is 19.8. The maximum atomic E-state index is 15.0. The molecule has 1 unspecified atom stereocenters. The van der Waals surface area contributed by atoms with Crippen molar-refractivity contribution in [1.29, 1.82) is 0 Å². The van der Waals surface area contributed by atoms with Crippen LogP contribution in [-0.2, 0) is 21.8 Å². The Balaban J connectivity index is 1.15. The number of aromatic nitrogens is 7. The van der Waals surface area contributed by atoms with Gasteiger partial charge in [-0.3, -0.25) is 4.68 Å². The fourth-order valence-electron chi connectivity index (χ4n) is 6.98. The van der Waals surface area contributed by atoms with E-state index in [0.717, 1.165) is 10.0 Å². The summed E-state index contributed by atoms with van der Waals surface area (Å²) in [4.78, 5) is 47.7. The smallest absolute Gasteiger partial charge is 0.347 e. The van der Waals surface area contributed by atoms with Crippen molar-refractivity contribution in [3.05, 3.63) is 110 Å². The van der Waals surface area contributed by atoms with Crippen molar-refractivity contribution < 1.29 is 42.0 Å². The van der Waals surface area contributed by atoms with Crippen LogP contribution in [-0.4, -0.2) is 79.6 Å². The fourth-order valence-corrected chi connectivity index (χ4v) is 8.15. The molecule has 0 fully saturated rings. The van der Waals surface area contributed by atoms with Crippen LogP contribution in [0, 0.1) is 0 Å². The third-order valence-corrected chi connectivity index (χ3v) is 11.9. The average molecular weight is 956 g/mol. The van der Waals surface area contributed by atoms with Gasteiger partial charge in [-0.25, -0.2) is 33.7 Å². The molecule has 0 saturated heterocycles. The van der Waals surface area contributed by atoms with Gasteiger partial charge >= 0.3 is 12.1 Å². The molecule has 1 atom stereocenters. The fraction of sp³-hybridized carbons (Fsp3) is 0.250. The van der Waals surface area contributed by atoms with E-state index in [1.807, 2.05) is 41.5 Å². The number of hydrogen-bond acceptors (Lipinski definition) is 15. The monoisotopic (exact) mass is 955 g/mol. The van der Waals surface area contributed by atoms with E-state index in [1.54, 1.807) is 89.7 Å². The summed E-state index contributed by atoms with van der Waals surface area (Å²) < 4.78 is 49.9. The van der Waals surface area contributed by atoms with Crippen molar-refractivity contribution in [2.45, 2.75) is 62.4 Å². The minimum Gasteiger partial charge on any atom is -0.493 e. The molecule has 0 radical (unpaired) electrons. The number of hydrogen-bond donors (Lipinski definition) is 2. The number of benzene rings is 4. The van der Waals surface area contributed by atoms with E-state index in [9.17, 15) is 13.8 Å². The molecular weight excluding hydrogens is 907 g/mol. The molecule has 21 heteroatoms. The Morgan fingerprint density at radius 3 is 1.87 bits per heavy atom. The summed E-state index contributed by atoms with van der Waals surface area (Å²) >= 11 is 0. The summed E-state index contributed by atoms with van der Waals surface area (Å²) in [5.41, 5.74) is 0.704. The molecule has 0 saturated carbocycles. The van der Waals surface area contributed by atoms with Crippen molar-refractivity contribution >= 4 is 67.5 Å². The molecule has 8 rings (SSSR count). The Morgan fingerprint density at radius 1 is 0.681 bits per heavy atom. The standard InChI is InChI=1S/C48H49N11O9S/c1-47(2,3)41-23-42(56-68-41)59(46(61)55-29-14-12-16-32(18-29)69(62)44-34-20-38(64-8)40(66-10)22-36(34)50-27-52-44)58(30-24-53-57(25-30)48(4,5)6)45(60)54-28-13-11-15-31(17-28)67-43-33-19-37(63-7)39(65-9)21-35(33)49-26-51-43/h11-27H,1-10H3,(H,54,60)(H,55,61). The first kappa shape index (κ1) is 47.2. The number of rotatable bonds is 12. The summed E-state index contributed by atoms with van der Waals surface area (Å²) in [7, 11) is 4.19. The van der Waals surface area contributed by atoms with Crippen molar-refractivity contribution in [2.75, 3.05) is 49.1 Å². The highest BCUT2D eigenvalue weighted by Gasteiger charge is 2.35. The first-order chi connectivity index (χ1) is 33.0. The molecule has 2 N–H and O–H groups in total. The van der Waals surface area contributed by atoms with Gasteiger partial charge in [-0.1, -0.05) is 38.1 Å². The largest absolute Gasteiger partial charge is 0.493 e. The predicted molar refractivity (Wildman–Crippen MR) is 258 cm³/mol. The van der Waals surface area contributed by atoms with Crippen molar-refractivity contribution in [3.63, 3.8) is 0 Å². The van der Waals surface area contributed by atoms with E-state index in [2.05, 4.69) is 40.8 Å². The molecule has 0 aliphatic rings.